The number of ether oxygens (including phenoxy) is 1. The number of aromatic nitrogens is 1. The number of azo groups is 1. The molecule has 0 atom stereocenters. The molecular formula is C13H14N4O4. The van der Waals surface area contributed by atoms with Gasteiger partial charge in [0, 0.05) is 32.8 Å². The number of rotatable bonds is 4. The minimum absolute atomic E-state index is 0.00588. The van der Waals surface area contributed by atoms with Crippen LogP contribution in [-0.2, 0) is 4.79 Å². The van der Waals surface area contributed by atoms with Gasteiger partial charge in [0.15, 0.2) is 0 Å². The molecule has 0 saturated carbocycles. The molecule has 8 heteroatoms. The maximum absolute atomic E-state index is 10.7. The fourth-order valence-electron chi connectivity index (χ4n) is 1.47. The Morgan fingerprint density at radius 1 is 1.33 bits per heavy atom. The number of hydrogen-bond donors (Lipinski definition) is 1. The SMILES string of the molecule is CC(=O)Oc1cc(N=Nc2ccc(N(C)C)cc2O)no1. The van der Waals surface area contributed by atoms with E-state index in [0.29, 0.717) is 0 Å². The summed E-state index contributed by atoms with van der Waals surface area (Å²) >= 11 is 0. The molecule has 21 heavy (non-hydrogen) atoms. The molecule has 1 aromatic carbocycles. The molecule has 2 aromatic rings. The van der Waals surface area contributed by atoms with Gasteiger partial charge in [0.05, 0.1) is 6.07 Å². The Hall–Kier alpha value is -2.90. The third-order valence-corrected chi connectivity index (χ3v) is 2.46. The number of benzene rings is 1. The van der Waals surface area contributed by atoms with Gasteiger partial charge in [-0.1, -0.05) is 5.16 Å². The number of phenolic OH excluding ortho intramolecular Hbond substituents is 1. The van der Waals surface area contributed by atoms with E-state index in [1.165, 1.54) is 13.0 Å². The van der Waals surface area contributed by atoms with Crippen molar-refractivity contribution in [3.05, 3.63) is 24.3 Å². The summed E-state index contributed by atoms with van der Waals surface area (Å²) in [5.41, 5.74) is 1.13. The highest BCUT2D eigenvalue weighted by atomic mass is 16.6. The molecule has 1 N–H and O–H groups in total. The molecule has 0 aliphatic heterocycles. The van der Waals surface area contributed by atoms with Crippen LogP contribution in [0.25, 0.3) is 0 Å². The maximum atomic E-state index is 10.7. The van der Waals surface area contributed by atoms with Crippen molar-refractivity contribution in [2.75, 3.05) is 19.0 Å². The molecular weight excluding hydrogens is 276 g/mol. The van der Waals surface area contributed by atoms with Crippen LogP contribution >= 0.6 is 0 Å². The molecule has 0 aliphatic carbocycles. The first-order valence-corrected chi connectivity index (χ1v) is 6.03. The fraction of sp³-hybridized carbons (Fsp3) is 0.231. The summed E-state index contributed by atoms with van der Waals surface area (Å²) in [7, 11) is 3.73. The van der Waals surface area contributed by atoms with Gasteiger partial charge in [-0.05, 0) is 12.1 Å². The van der Waals surface area contributed by atoms with Crippen molar-refractivity contribution in [1.82, 2.24) is 5.16 Å². The monoisotopic (exact) mass is 290 g/mol. The normalized spacial score (nSPS) is 10.8. The number of nitrogens with zero attached hydrogens (tertiary/aromatic N) is 4. The number of esters is 1. The summed E-state index contributed by atoms with van der Waals surface area (Å²) in [6, 6.07) is 6.31. The standard InChI is InChI=1S/C13H14N4O4/c1-8(18)20-13-7-12(16-21-13)15-14-10-5-4-9(17(2)3)6-11(10)19/h4-7,19H,1-3H3. The molecule has 0 aliphatic rings. The second kappa shape index (κ2) is 6.04. The second-order valence-electron chi connectivity index (χ2n) is 4.37. The van der Waals surface area contributed by atoms with Crippen molar-refractivity contribution in [3.63, 3.8) is 0 Å². The Kier molecular flexibility index (Phi) is 4.17. The zero-order chi connectivity index (χ0) is 15.4. The topological polar surface area (TPSA) is 101 Å². The van der Waals surface area contributed by atoms with E-state index in [-0.39, 0.29) is 23.2 Å². The summed E-state index contributed by atoms with van der Waals surface area (Å²) in [6.07, 6.45) is 0. The van der Waals surface area contributed by atoms with Crippen molar-refractivity contribution in [2.45, 2.75) is 6.92 Å². The summed E-state index contributed by atoms with van der Waals surface area (Å²) in [6.45, 7) is 1.24. The predicted molar refractivity (Wildman–Crippen MR) is 74.4 cm³/mol. The Bertz CT molecular complexity index is 679. The lowest BCUT2D eigenvalue weighted by molar-refractivity contribution is -0.133. The van der Waals surface area contributed by atoms with Gasteiger partial charge in [-0.25, -0.2) is 0 Å². The average Bonchev–Trinajstić information content (AvgIpc) is 2.83. The number of phenols is 1. The number of aromatic hydroxyl groups is 1. The Morgan fingerprint density at radius 2 is 2.10 bits per heavy atom. The maximum Gasteiger partial charge on any atom is 0.321 e. The van der Waals surface area contributed by atoms with Crippen molar-refractivity contribution < 1.29 is 19.2 Å². The highest BCUT2D eigenvalue weighted by Crippen LogP contribution is 2.31. The van der Waals surface area contributed by atoms with Gasteiger partial charge in [0.25, 0.3) is 0 Å². The lowest BCUT2D eigenvalue weighted by Crippen LogP contribution is -2.07. The third-order valence-electron chi connectivity index (χ3n) is 2.46. The summed E-state index contributed by atoms with van der Waals surface area (Å²) in [5.74, 6) is -0.467. The molecule has 0 unspecified atom stereocenters. The van der Waals surface area contributed by atoms with E-state index in [4.69, 9.17) is 4.52 Å². The van der Waals surface area contributed by atoms with Crippen LogP contribution in [-0.4, -0.2) is 30.3 Å². The van der Waals surface area contributed by atoms with Gasteiger partial charge in [-0.15, -0.1) is 10.2 Å². The van der Waals surface area contributed by atoms with E-state index in [2.05, 4.69) is 20.1 Å². The van der Waals surface area contributed by atoms with Crippen molar-refractivity contribution in [3.8, 4) is 11.7 Å². The molecule has 0 spiro atoms. The van der Waals surface area contributed by atoms with Gasteiger partial charge in [-0.2, -0.15) is 0 Å². The first-order chi connectivity index (χ1) is 9.95. The molecule has 0 amide bonds. The molecule has 2 rings (SSSR count). The Balaban J connectivity index is 2.14. The lowest BCUT2D eigenvalue weighted by Gasteiger charge is -2.12. The van der Waals surface area contributed by atoms with Crippen molar-refractivity contribution in [2.24, 2.45) is 10.2 Å². The molecule has 0 saturated heterocycles. The van der Waals surface area contributed by atoms with Gasteiger partial charge in [-0.3, -0.25) is 4.79 Å². The number of hydrogen-bond acceptors (Lipinski definition) is 8. The molecule has 8 nitrogen and oxygen atoms in total. The smallest absolute Gasteiger partial charge is 0.321 e. The van der Waals surface area contributed by atoms with E-state index in [9.17, 15) is 9.90 Å². The van der Waals surface area contributed by atoms with E-state index in [1.807, 2.05) is 19.0 Å². The first-order valence-electron chi connectivity index (χ1n) is 6.03. The Labute approximate surface area is 120 Å². The van der Waals surface area contributed by atoms with Crippen LogP contribution in [0, 0.1) is 0 Å². The predicted octanol–water partition coefficient (Wildman–Crippen LogP) is 2.79. The number of carbonyl (C=O) groups is 1. The fourth-order valence-corrected chi connectivity index (χ4v) is 1.47. The lowest BCUT2D eigenvalue weighted by atomic mass is 10.2. The second-order valence-corrected chi connectivity index (χ2v) is 4.37. The van der Waals surface area contributed by atoms with Crippen LogP contribution in [0.15, 0.2) is 39.0 Å². The van der Waals surface area contributed by atoms with E-state index >= 15 is 0 Å². The number of carbonyl (C=O) groups excluding carboxylic acids is 1. The van der Waals surface area contributed by atoms with E-state index < -0.39 is 5.97 Å². The third kappa shape index (κ3) is 3.78. The summed E-state index contributed by atoms with van der Waals surface area (Å²) in [5, 5.41) is 21.1. The highest BCUT2D eigenvalue weighted by molar-refractivity contribution is 5.68. The minimum Gasteiger partial charge on any atom is -0.506 e. The minimum atomic E-state index is -0.522. The molecule has 0 fully saturated rings. The molecule has 1 heterocycles. The first kappa shape index (κ1) is 14.5. The largest absolute Gasteiger partial charge is 0.506 e. The van der Waals surface area contributed by atoms with Gasteiger partial charge >= 0.3 is 11.9 Å². The zero-order valence-electron chi connectivity index (χ0n) is 11.8. The van der Waals surface area contributed by atoms with Crippen molar-refractivity contribution in [1.29, 1.82) is 0 Å². The number of anilines is 1. The van der Waals surface area contributed by atoms with Crippen LogP contribution in [0.1, 0.15) is 6.92 Å². The quantitative estimate of drug-likeness (QED) is 0.686. The van der Waals surface area contributed by atoms with Gasteiger partial charge in [0.2, 0.25) is 5.82 Å². The van der Waals surface area contributed by atoms with Gasteiger partial charge in [0.1, 0.15) is 11.4 Å². The molecule has 1 aromatic heterocycles. The Morgan fingerprint density at radius 3 is 2.71 bits per heavy atom. The van der Waals surface area contributed by atoms with E-state index in [1.54, 1.807) is 18.2 Å². The van der Waals surface area contributed by atoms with Crippen LogP contribution in [0.2, 0.25) is 0 Å². The molecule has 0 radical (unpaired) electrons. The van der Waals surface area contributed by atoms with Crippen LogP contribution in [0.5, 0.6) is 11.7 Å². The summed E-state index contributed by atoms with van der Waals surface area (Å²) < 4.78 is 9.42. The average molecular weight is 290 g/mol. The van der Waals surface area contributed by atoms with E-state index in [0.717, 1.165) is 5.69 Å². The highest BCUT2D eigenvalue weighted by Gasteiger charge is 2.07. The molecule has 0 bridgehead atoms. The molecule has 110 valence electrons. The van der Waals surface area contributed by atoms with Crippen molar-refractivity contribution >= 4 is 23.2 Å². The summed E-state index contributed by atoms with van der Waals surface area (Å²) in [4.78, 5) is 12.6. The van der Waals surface area contributed by atoms with Crippen LogP contribution < -0.4 is 9.64 Å². The van der Waals surface area contributed by atoms with Gasteiger partial charge < -0.3 is 19.3 Å². The zero-order valence-corrected chi connectivity index (χ0v) is 11.8. The van der Waals surface area contributed by atoms with Crippen LogP contribution in [0.4, 0.5) is 17.2 Å². The van der Waals surface area contributed by atoms with Crippen LogP contribution in [0.3, 0.4) is 0 Å².